The average Bonchev–Trinajstić information content (AvgIpc) is 2.31. The molecule has 2 rings (SSSR count). The van der Waals surface area contributed by atoms with Crippen LogP contribution in [0.5, 0.6) is 0 Å². The first kappa shape index (κ1) is 11.1. The first-order chi connectivity index (χ1) is 7.72. The number of nitrogens with one attached hydrogen (secondary N) is 1. The van der Waals surface area contributed by atoms with Crippen molar-refractivity contribution >= 4 is 11.8 Å². The molecule has 0 unspecified atom stereocenters. The molecule has 0 radical (unpaired) electrons. The molecule has 2 aliphatic rings. The van der Waals surface area contributed by atoms with Crippen molar-refractivity contribution in [1.29, 1.82) is 0 Å². The van der Waals surface area contributed by atoms with Gasteiger partial charge >= 0.3 is 0 Å². The summed E-state index contributed by atoms with van der Waals surface area (Å²) >= 11 is 0. The lowest BCUT2D eigenvalue weighted by Gasteiger charge is -2.41. The zero-order valence-corrected chi connectivity index (χ0v) is 9.15. The highest BCUT2D eigenvalue weighted by molar-refractivity contribution is 5.94. The SMILES string of the molecule is C=CCO[C@@H]1CCN2C(=O)CNC(=O)[C@@H]2C1. The van der Waals surface area contributed by atoms with E-state index in [0.29, 0.717) is 19.6 Å². The second-order valence-electron chi connectivity index (χ2n) is 4.09. The van der Waals surface area contributed by atoms with Gasteiger partial charge in [-0.25, -0.2) is 0 Å². The maximum absolute atomic E-state index is 11.6. The first-order valence-corrected chi connectivity index (χ1v) is 5.52. The summed E-state index contributed by atoms with van der Waals surface area (Å²) in [6.07, 6.45) is 3.13. The van der Waals surface area contributed by atoms with Gasteiger partial charge in [0.05, 0.1) is 19.3 Å². The van der Waals surface area contributed by atoms with Crippen LogP contribution in [-0.4, -0.2) is 48.6 Å². The minimum atomic E-state index is -0.343. The van der Waals surface area contributed by atoms with Gasteiger partial charge in [0, 0.05) is 13.0 Å². The van der Waals surface area contributed by atoms with Crippen molar-refractivity contribution in [1.82, 2.24) is 10.2 Å². The van der Waals surface area contributed by atoms with Crippen LogP contribution >= 0.6 is 0 Å². The van der Waals surface area contributed by atoms with Crippen molar-refractivity contribution in [2.45, 2.75) is 25.0 Å². The molecule has 0 spiro atoms. The van der Waals surface area contributed by atoms with Gasteiger partial charge in [-0.05, 0) is 6.42 Å². The minimum Gasteiger partial charge on any atom is -0.374 e. The summed E-state index contributed by atoms with van der Waals surface area (Å²) in [5.41, 5.74) is 0. The normalized spacial score (nSPS) is 29.6. The highest BCUT2D eigenvalue weighted by atomic mass is 16.5. The zero-order chi connectivity index (χ0) is 11.5. The van der Waals surface area contributed by atoms with Crippen LogP contribution in [0.25, 0.3) is 0 Å². The number of ether oxygens (including phenoxy) is 1. The molecule has 0 saturated carbocycles. The van der Waals surface area contributed by atoms with Gasteiger partial charge in [0.25, 0.3) is 0 Å². The molecule has 2 atom stereocenters. The van der Waals surface area contributed by atoms with Crippen LogP contribution in [0, 0.1) is 0 Å². The van der Waals surface area contributed by atoms with Crippen molar-refractivity contribution in [3.8, 4) is 0 Å². The van der Waals surface area contributed by atoms with E-state index in [2.05, 4.69) is 11.9 Å². The number of amides is 2. The summed E-state index contributed by atoms with van der Waals surface area (Å²) in [7, 11) is 0. The van der Waals surface area contributed by atoms with Crippen molar-refractivity contribution in [3.63, 3.8) is 0 Å². The number of piperazine rings is 1. The second-order valence-corrected chi connectivity index (χ2v) is 4.09. The van der Waals surface area contributed by atoms with E-state index in [-0.39, 0.29) is 30.5 Å². The maximum atomic E-state index is 11.6. The molecule has 1 N–H and O–H groups in total. The summed E-state index contributed by atoms with van der Waals surface area (Å²) in [4.78, 5) is 24.8. The monoisotopic (exact) mass is 224 g/mol. The van der Waals surface area contributed by atoms with Crippen LogP contribution in [0.3, 0.4) is 0 Å². The Hall–Kier alpha value is -1.36. The van der Waals surface area contributed by atoms with E-state index in [0.717, 1.165) is 6.42 Å². The van der Waals surface area contributed by atoms with E-state index < -0.39 is 0 Å². The van der Waals surface area contributed by atoms with Crippen LogP contribution < -0.4 is 5.32 Å². The molecule has 0 aromatic rings. The number of carbonyl (C=O) groups is 2. The zero-order valence-electron chi connectivity index (χ0n) is 9.15. The molecule has 16 heavy (non-hydrogen) atoms. The molecule has 88 valence electrons. The highest BCUT2D eigenvalue weighted by Gasteiger charge is 2.39. The number of carbonyl (C=O) groups excluding carboxylic acids is 2. The summed E-state index contributed by atoms with van der Waals surface area (Å²) in [6, 6.07) is -0.343. The van der Waals surface area contributed by atoms with E-state index in [1.165, 1.54) is 0 Å². The molecule has 2 aliphatic heterocycles. The Kier molecular flexibility index (Phi) is 3.24. The smallest absolute Gasteiger partial charge is 0.243 e. The molecule has 5 nitrogen and oxygen atoms in total. The highest BCUT2D eigenvalue weighted by Crippen LogP contribution is 2.22. The van der Waals surface area contributed by atoms with E-state index >= 15 is 0 Å². The molecular weight excluding hydrogens is 208 g/mol. The third-order valence-electron chi connectivity index (χ3n) is 3.04. The molecule has 0 bridgehead atoms. The second kappa shape index (κ2) is 4.65. The van der Waals surface area contributed by atoms with Crippen molar-refractivity contribution < 1.29 is 14.3 Å². The number of fused-ring (bicyclic) bond motifs is 1. The molecule has 2 saturated heterocycles. The largest absolute Gasteiger partial charge is 0.374 e. The minimum absolute atomic E-state index is 0.00627. The number of hydrogen-bond donors (Lipinski definition) is 1. The van der Waals surface area contributed by atoms with Crippen LogP contribution in [0.1, 0.15) is 12.8 Å². The van der Waals surface area contributed by atoms with E-state index in [1.54, 1.807) is 11.0 Å². The first-order valence-electron chi connectivity index (χ1n) is 5.52. The van der Waals surface area contributed by atoms with Crippen LogP contribution in [0.4, 0.5) is 0 Å². The molecule has 2 heterocycles. The number of piperidine rings is 1. The summed E-state index contributed by atoms with van der Waals surface area (Å²) in [6.45, 7) is 4.82. The Morgan fingerprint density at radius 3 is 3.12 bits per heavy atom. The van der Waals surface area contributed by atoms with Crippen LogP contribution in [0.2, 0.25) is 0 Å². The lowest BCUT2D eigenvalue weighted by atomic mass is 9.97. The van der Waals surface area contributed by atoms with Gasteiger partial charge in [-0.3, -0.25) is 9.59 Å². The Morgan fingerprint density at radius 2 is 2.38 bits per heavy atom. The third kappa shape index (κ3) is 2.09. The molecule has 2 fully saturated rings. The summed E-state index contributed by atoms with van der Waals surface area (Å²) in [5, 5.41) is 2.60. The van der Waals surface area contributed by atoms with E-state index in [1.807, 2.05) is 0 Å². The Labute approximate surface area is 94.4 Å². The Morgan fingerprint density at radius 1 is 1.56 bits per heavy atom. The lowest BCUT2D eigenvalue weighted by molar-refractivity contribution is -0.150. The van der Waals surface area contributed by atoms with Crippen molar-refractivity contribution in [2.75, 3.05) is 19.7 Å². The third-order valence-corrected chi connectivity index (χ3v) is 3.04. The van der Waals surface area contributed by atoms with Gasteiger partial charge in [0.2, 0.25) is 11.8 Å². The Bertz CT molecular complexity index is 316. The summed E-state index contributed by atoms with van der Waals surface area (Å²) < 4.78 is 5.53. The van der Waals surface area contributed by atoms with Gasteiger partial charge in [-0.2, -0.15) is 0 Å². The number of nitrogens with zero attached hydrogens (tertiary/aromatic N) is 1. The predicted molar refractivity (Wildman–Crippen MR) is 57.7 cm³/mol. The van der Waals surface area contributed by atoms with E-state index in [4.69, 9.17) is 4.74 Å². The molecule has 0 aromatic heterocycles. The van der Waals surface area contributed by atoms with Gasteiger partial charge in [-0.1, -0.05) is 6.08 Å². The number of hydrogen-bond acceptors (Lipinski definition) is 3. The summed E-state index contributed by atoms with van der Waals surface area (Å²) in [5.74, 6) is -0.0572. The van der Waals surface area contributed by atoms with Gasteiger partial charge in [0.15, 0.2) is 0 Å². The molecule has 2 amide bonds. The number of rotatable bonds is 3. The average molecular weight is 224 g/mol. The van der Waals surface area contributed by atoms with Gasteiger partial charge in [0.1, 0.15) is 6.04 Å². The van der Waals surface area contributed by atoms with Gasteiger partial charge < -0.3 is 15.0 Å². The standard InChI is InChI=1S/C11H16N2O3/c1-2-5-16-8-3-4-13-9(6-8)11(15)12-7-10(13)14/h2,8-9H,1,3-7H2,(H,12,15)/t8-,9+/m1/s1. The molecule has 0 aliphatic carbocycles. The van der Waals surface area contributed by atoms with Crippen molar-refractivity contribution in [3.05, 3.63) is 12.7 Å². The van der Waals surface area contributed by atoms with Crippen LogP contribution in [0.15, 0.2) is 12.7 Å². The fourth-order valence-electron chi connectivity index (χ4n) is 2.22. The van der Waals surface area contributed by atoms with Crippen molar-refractivity contribution in [2.24, 2.45) is 0 Å². The fourth-order valence-corrected chi connectivity index (χ4v) is 2.22. The Balaban J connectivity index is 1.98. The fraction of sp³-hybridized carbons (Fsp3) is 0.636. The molecule has 5 heteroatoms. The predicted octanol–water partition coefficient (Wildman–Crippen LogP) is -0.322. The quantitative estimate of drug-likeness (QED) is 0.668. The molecular formula is C11H16N2O3. The topological polar surface area (TPSA) is 58.6 Å². The van der Waals surface area contributed by atoms with Gasteiger partial charge in [-0.15, -0.1) is 6.58 Å². The maximum Gasteiger partial charge on any atom is 0.243 e. The lowest BCUT2D eigenvalue weighted by Crippen LogP contribution is -2.61. The van der Waals surface area contributed by atoms with Crippen LogP contribution in [-0.2, 0) is 14.3 Å². The molecule has 0 aromatic carbocycles. The van der Waals surface area contributed by atoms with E-state index in [9.17, 15) is 9.59 Å².